The molecule has 1 atom stereocenters. The summed E-state index contributed by atoms with van der Waals surface area (Å²) in [5, 5.41) is 0. The van der Waals surface area contributed by atoms with E-state index in [0.29, 0.717) is 6.61 Å². The first-order valence-electron chi connectivity index (χ1n) is 6.69. The summed E-state index contributed by atoms with van der Waals surface area (Å²) in [5.41, 5.74) is 9.74. The Morgan fingerprint density at radius 3 is 2.05 bits per heavy atom. The van der Waals surface area contributed by atoms with E-state index in [1.54, 1.807) is 7.11 Å². The van der Waals surface area contributed by atoms with Crippen molar-refractivity contribution in [3.05, 3.63) is 59.2 Å². The van der Waals surface area contributed by atoms with Crippen LogP contribution in [-0.2, 0) is 0 Å². The fourth-order valence-electron chi connectivity index (χ4n) is 2.18. The van der Waals surface area contributed by atoms with Crippen LogP contribution in [0.25, 0.3) is 0 Å². The highest BCUT2D eigenvalue weighted by Gasteiger charge is 2.08. The molecule has 0 aromatic heterocycles. The molecule has 3 nitrogen and oxygen atoms in total. The van der Waals surface area contributed by atoms with Crippen molar-refractivity contribution < 1.29 is 9.47 Å². The molecule has 0 aliphatic rings. The van der Waals surface area contributed by atoms with Gasteiger partial charge in [0.1, 0.15) is 18.1 Å². The number of hydrogen-bond donors (Lipinski definition) is 1. The molecule has 0 heterocycles. The van der Waals surface area contributed by atoms with Gasteiger partial charge in [-0.05, 0) is 43.7 Å². The number of aryl methyl sites for hydroxylation is 2. The van der Waals surface area contributed by atoms with Crippen LogP contribution in [0.15, 0.2) is 42.5 Å². The molecule has 0 bridgehead atoms. The highest BCUT2D eigenvalue weighted by molar-refractivity contribution is 5.32. The van der Waals surface area contributed by atoms with E-state index in [-0.39, 0.29) is 6.04 Å². The van der Waals surface area contributed by atoms with E-state index in [1.807, 2.05) is 24.3 Å². The van der Waals surface area contributed by atoms with E-state index in [0.717, 1.165) is 17.1 Å². The second kappa shape index (κ2) is 6.44. The van der Waals surface area contributed by atoms with E-state index in [9.17, 15) is 0 Å². The van der Waals surface area contributed by atoms with Gasteiger partial charge in [-0.1, -0.05) is 29.3 Å². The fourth-order valence-corrected chi connectivity index (χ4v) is 2.18. The molecular formula is C17H21NO2. The van der Waals surface area contributed by atoms with Crippen molar-refractivity contribution in [2.45, 2.75) is 19.9 Å². The van der Waals surface area contributed by atoms with Crippen molar-refractivity contribution in [3.63, 3.8) is 0 Å². The highest BCUT2D eigenvalue weighted by atomic mass is 16.5. The monoisotopic (exact) mass is 271 g/mol. The van der Waals surface area contributed by atoms with Crippen molar-refractivity contribution in [2.24, 2.45) is 5.73 Å². The molecule has 1 unspecified atom stereocenters. The van der Waals surface area contributed by atoms with Crippen molar-refractivity contribution in [1.29, 1.82) is 0 Å². The maximum Gasteiger partial charge on any atom is 0.119 e. The maximum atomic E-state index is 6.19. The topological polar surface area (TPSA) is 44.5 Å². The van der Waals surface area contributed by atoms with Gasteiger partial charge in [-0.2, -0.15) is 0 Å². The molecule has 0 radical (unpaired) electrons. The van der Waals surface area contributed by atoms with Gasteiger partial charge in [-0.3, -0.25) is 0 Å². The molecular weight excluding hydrogens is 250 g/mol. The Morgan fingerprint density at radius 1 is 0.950 bits per heavy atom. The summed E-state index contributed by atoms with van der Waals surface area (Å²) >= 11 is 0. The fraction of sp³-hybridized carbons (Fsp3) is 0.294. The summed E-state index contributed by atoms with van der Waals surface area (Å²) in [7, 11) is 1.64. The lowest BCUT2D eigenvalue weighted by molar-refractivity contribution is 0.290. The largest absolute Gasteiger partial charge is 0.497 e. The zero-order chi connectivity index (χ0) is 14.5. The van der Waals surface area contributed by atoms with Gasteiger partial charge in [-0.15, -0.1) is 0 Å². The minimum atomic E-state index is -0.129. The highest BCUT2D eigenvalue weighted by Crippen LogP contribution is 2.20. The van der Waals surface area contributed by atoms with Gasteiger partial charge in [-0.25, -0.2) is 0 Å². The van der Waals surface area contributed by atoms with E-state index < -0.39 is 0 Å². The first-order valence-corrected chi connectivity index (χ1v) is 6.69. The molecule has 2 rings (SSSR count). The molecule has 20 heavy (non-hydrogen) atoms. The molecule has 0 amide bonds. The molecule has 0 aliphatic heterocycles. The summed E-state index contributed by atoms with van der Waals surface area (Å²) in [6.45, 7) is 4.61. The van der Waals surface area contributed by atoms with Crippen LogP contribution in [0.1, 0.15) is 22.7 Å². The Bertz CT molecular complexity index is 543. The lowest BCUT2D eigenvalue weighted by atomic mass is 10.0. The average Bonchev–Trinajstić information content (AvgIpc) is 2.44. The lowest BCUT2D eigenvalue weighted by Crippen LogP contribution is -2.19. The number of hydrogen-bond acceptors (Lipinski definition) is 3. The van der Waals surface area contributed by atoms with Crippen LogP contribution in [0, 0.1) is 13.8 Å². The Morgan fingerprint density at radius 2 is 1.50 bits per heavy atom. The van der Waals surface area contributed by atoms with Crippen LogP contribution in [0.2, 0.25) is 0 Å². The molecule has 0 saturated heterocycles. The Hall–Kier alpha value is -2.00. The maximum absolute atomic E-state index is 6.19. The SMILES string of the molecule is COc1ccc(OCC(N)c2cc(C)cc(C)c2)cc1. The summed E-state index contributed by atoms with van der Waals surface area (Å²) in [5.74, 6) is 1.61. The third-order valence-electron chi connectivity index (χ3n) is 3.16. The average molecular weight is 271 g/mol. The Labute approximate surface area is 120 Å². The molecule has 106 valence electrons. The minimum absolute atomic E-state index is 0.129. The van der Waals surface area contributed by atoms with E-state index in [1.165, 1.54) is 11.1 Å². The summed E-state index contributed by atoms with van der Waals surface area (Å²) in [6.07, 6.45) is 0. The van der Waals surface area contributed by atoms with Crippen LogP contribution in [-0.4, -0.2) is 13.7 Å². The van der Waals surface area contributed by atoms with Crippen LogP contribution < -0.4 is 15.2 Å². The van der Waals surface area contributed by atoms with Crippen LogP contribution >= 0.6 is 0 Å². The molecule has 3 heteroatoms. The Balaban J connectivity index is 1.98. The van der Waals surface area contributed by atoms with Gasteiger partial charge in [0, 0.05) is 0 Å². The van der Waals surface area contributed by atoms with Crippen molar-refractivity contribution in [1.82, 2.24) is 0 Å². The Kier molecular flexibility index (Phi) is 4.64. The molecule has 2 aromatic rings. The van der Waals surface area contributed by atoms with Gasteiger partial charge >= 0.3 is 0 Å². The number of ether oxygens (including phenoxy) is 2. The van der Waals surface area contributed by atoms with E-state index >= 15 is 0 Å². The molecule has 0 fully saturated rings. The molecule has 2 aromatic carbocycles. The number of nitrogens with two attached hydrogens (primary N) is 1. The van der Waals surface area contributed by atoms with Crippen molar-refractivity contribution in [2.75, 3.05) is 13.7 Å². The quantitative estimate of drug-likeness (QED) is 0.906. The minimum Gasteiger partial charge on any atom is -0.497 e. The number of rotatable bonds is 5. The van der Waals surface area contributed by atoms with Gasteiger partial charge < -0.3 is 15.2 Å². The van der Waals surface area contributed by atoms with Gasteiger partial charge in [0.05, 0.1) is 13.2 Å². The van der Waals surface area contributed by atoms with E-state index in [4.69, 9.17) is 15.2 Å². The van der Waals surface area contributed by atoms with Crippen LogP contribution in [0.3, 0.4) is 0 Å². The first kappa shape index (κ1) is 14.4. The lowest BCUT2D eigenvalue weighted by Gasteiger charge is -2.15. The first-order chi connectivity index (χ1) is 9.58. The zero-order valence-corrected chi connectivity index (χ0v) is 12.2. The molecule has 2 N–H and O–H groups in total. The molecule has 0 spiro atoms. The second-order valence-electron chi connectivity index (χ2n) is 5.01. The standard InChI is InChI=1S/C17H21NO2/c1-12-8-13(2)10-14(9-12)17(18)11-20-16-6-4-15(19-3)5-7-16/h4-10,17H,11,18H2,1-3H3. The van der Waals surface area contributed by atoms with Crippen LogP contribution in [0.4, 0.5) is 0 Å². The predicted molar refractivity (Wildman–Crippen MR) is 81.3 cm³/mol. The molecule has 0 aliphatic carbocycles. The van der Waals surface area contributed by atoms with Crippen molar-refractivity contribution in [3.8, 4) is 11.5 Å². The van der Waals surface area contributed by atoms with Gasteiger partial charge in [0.15, 0.2) is 0 Å². The number of benzene rings is 2. The number of methoxy groups -OCH3 is 1. The summed E-state index contributed by atoms with van der Waals surface area (Å²) < 4.78 is 10.8. The van der Waals surface area contributed by atoms with Gasteiger partial charge in [0.25, 0.3) is 0 Å². The third-order valence-corrected chi connectivity index (χ3v) is 3.16. The summed E-state index contributed by atoms with van der Waals surface area (Å²) in [4.78, 5) is 0. The zero-order valence-electron chi connectivity index (χ0n) is 12.2. The summed E-state index contributed by atoms with van der Waals surface area (Å²) in [6, 6.07) is 13.7. The van der Waals surface area contributed by atoms with Crippen LogP contribution in [0.5, 0.6) is 11.5 Å². The third kappa shape index (κ3) is 3.75. The predicted octanol–water partition coefficient (Wildman–Crippen LogP) is 3.39. The van der Waals surface area contributed by atoms with Crippen molar-refractivity contribution >= 4 is 0 Å². The van der Waals surface area contributed by atoms with Gasteiger partial charge in [0.2, 0.25) is 0 Å². The normalized spacial score (nSPS) is 12.0. The van der Waals surface area contributed by atoms with E-state index in [2.05, 4.69) is 32.0 Å². The smallest absolute Gasteiger partial charge is 0.119 e. The second-order valence-corrected chi connectivity index (χ2v) is 5.01. The molecule has 0 saturated carbocycles.